The highest BCUT2D eigenvalue weighted by Crippen LogP contribution is 2.52. The van der Waals surface area contributed by atoms with Crippen LogP contribution in [-0.4, -0.2) is 74.5 Å². The summed E-state index contributed by atoms with van der Waals surface area (Å²) in [6.07, 6.45) is -0.488. The zero-order valence-electron chi connectivity index (χ0n) is 24.1. The molecule has 0 aliphatic heterocycles. The van der Waals surface area contributed by atoms with Gasteiger partial charge in [0.05, 0.1) is 45.6 Å². The molecule has 2 aromatic rings. The number of benzene rings is 2. The van der Waals surface area contributed by atoms with Crippen molar-refractivity contribution in [3.8, 4) is 23.0 Å². The molecule has 9 heteroatoms. The highest BCUT2D eigenvalue weighted by molar-refractivity contribution is 5.75. The fourth-order valence-electron chi connectivity index (χ4n) is 5.00. The Morgan fingerprint density at radius 1 is 0.949 bits per heavy atom. The number of anilines is 1. The first-order chi connectivity index (χ1) is 18.5. The SMILES string of the molecule is CCN(CCCOC(=O)C(C)(C)CC)c1ccc(C2C(O)C(c3cc(OC)c(OC)c(OC)c3)C2O)c(O)c1. The molecule has 0 heterocycles. The van der Waals surface area contributed by atoms with Gasteiger partial charge >= 0.3 is 5.97 Å². The second-order valence-corrected chi connectivity index (χ2v) is 10.5. The number of hydrogen-bond acceptors (Lipinski definition) is 9. The Labute approximate surface area is 231 Å². The summed E-state index contributed by atoms with van der Waals surface area (Å²) in [5.41, 5.74) is 1.45. The Morgan fingerprint density at radius 3 is 2.05 bits per heavy atom. The zero-order valence-corrected chi connectivity index (χ0v) is 24.1. The highest BCUT2D eigenvalue weighted by atomic mass is 16.5. The maximum Gasteiger partial charge on any atom is 0.311 e. The van der Waals surface area contributed by atoms with E-state index in [9.17, 15) is 20.1 Å². The molecule has 0 amide bonds. The number of esters is 1. The van der Waals surface area contributed by atoms with Crippen molar-refractivity contribution < 1.29 is 39.1 Å². The van der Waals surface area contributed by atoms with Crippen molar-refractivity contribution in [2.24, 2.45) is 5.41 Å². The van der Waals surface area contributed by atoms with E-state index in [4.69, 9.17) is 18.9 Å². The van der Waals surface area contributed by atoms with E-state index in [0.717, 1.165) is 5.69 Å². The lowest BCUT2D eigenvalue weighted by atomic mass is 9.63. The van der Waals surface area contributed by atoms with Gasteiger partial charge in [-0.05, 0) is 57.4 Å². The van der Waals surface area contributed by atoms with E-state index in [0.29, 0.717) is 60.9 Å². The molecule has 39 heavy (non-hydrogen) atoms. The first-order valence-corrected chi connectivity index (χ1v) is 13.5. The van der Waals surface area contributed by atoms with Crippen LogP contribution < -0.4 is 19.1 Å². The third-order valence-electron chi connectivity index (χ3n) is 7.91. The van der Waals surface area contributed by atoms with Crippen LogP contribution in [0.5, 0.6) is 23.0 Å². The molecule has 0 radical (unpaired) electrons. The maximum atomic E-state index is 12.2. The number of hydrogen-bond donors (Lipinski definition) is 3. The van der Waals surface area contributed by atoms with Gasteiger partial charge in [0.2, 0.25) is 5.75 Å². The molecule has 1 saturated carbocycles. The predicted octanol–water partition coefficient (Wildman–Crippen LogP) is 4.22. The average Bonchev–Trinajstić information content (AvgIpc) is 2.93. The minimum Gasteiger partial charge on any atom is -0.508 e. The number of rotatable bonds is 13. The first-order valence-electron chi connectivity index (χ1n) is 13.5. The molecule has 1 aliphatic carbocycles. The Balaban J connectivity index is 1.69. The summed E-state index contributed by atoms with van der Waals surface area (Å²) in [5.74, 6) is -0.128. The standard InChI is InChI=1S/C30H43NO8/c1-8-30(3,4)29(35)39-14-10-13-31(9-2)19-11-12-20(21(32)17-19)25-26(33)24(27(25)34)18-15-22(36-5)28(38-7)23(16-18)37-6/h11-12,15-17,24-27,32-34H,8-10,13-14H2,1-7H3. The molecule has 1 aliphatic rings. The van der Waals surface area contributed by atoms with Crippen LogP contribution in [-0.2, 0) is 9.53 Å². The molecule has 3 N–H and O–H groups in total. The van der Waals surface area contributed by atoms with Gasteiger partial charge in [0.25, 0.3) is 0 Å². The van der Waals surface area contributed by atoms with Crippen LogP contribution in [0.1, 0.15) is 63.5 Å². The maximum absolute atomic E-state index is 12.2. The molecular weight excluding hydrogens is 502 g/mol. The Bertz CT molecular complexity index is 1100. The van der Waals surface area contributed by atoms with Gasteiger partial charge in [-0.2, -0.15) is 0 Å². The fourth-order valence-corrected chi connectivity index (χ4v) is 5.00. The number of methoxy groups -OCH3 is 3. The van der Waals surface area contributed by atoms with E-state index in [2.05, 4.69) is 4.90 Å². The number of aliphatic hydroxyl groups is 2. The minimum atomic E-state index is -0.927. The Morgan fingerprint density at radius 2 is 1.56 bits per heavy atom. The molecule has 2 aromatic carbocycles. The van der Waals surface area contributed by atoms with Gasteiger partial charge in [-0.1, -0.05) is 13.0 Å². The van der Waals surface area contributed by atoms with Crippen molar-refractivity contribution in [2.75, 3.05) is 45.9 Å². The van der Waals surface area contributed by atoms with Crippen molar-refractivity contribution in [1.29, 1.82) is 0 Å². The van der Waals surface area contributed by atoms with Gasteiger partial charge in [0, 0.05) is 42.2 Å². The van der Waals surface area contributed by atoms with Gasteiger partial charge in [-0.3, -0.25) is 4.79 Å². The van der Waals surface area contributed by atoms with E-state index < -0.39 is 29.5 Å². The quantitative estimate of drug-likeness (QED) is 0.251. The first kappa shape index (κ1) is 30.4. The second kappa shape index (κ2) is 12.8. The largest absolute Gasteiger partial charge is 0.508 e. The normalized spacial score (nSPS) is 20.6. The Hall–Kier alpha value is -3.17. The van der Waals surface area contributed by atoms with Crippen LogP contribution in [0.2, 0.25) is 0 Å². The molecule has 1 fully saturated rings. The lowest BCUT2D eigenvalue weighted by molar-refractivity contribution is -0.154. The molecule has 2 atom stereocenters. The topological polar surface area (TPSA) is 118 Å². The molecule has 0 aromatic heterocycles. The number of carbonyl (C=O) groups is 1. The number of carbonyl (C=O) groups excluding carboxylic acids is 1. The molecule has 0 bridgehead atoms. The summed E-state index contributed by atoms with van der Waals surface area (Å²) in [7, 11) is 4.53. The zero-order chi connectivity index (χ0) is 28.9. The number of aromatic hydroxyl groups is 1. The molecule has 0 spiro atoms. The third kappa shape index (κ3) is 6.20. The highest BCUT2D eigenvalue weighted by Gasteiger charge is 2.51. The summed E-state index contributed by atoms with van der Waals surface area (Å²) in [6.45, 7) is 9.40. The van der Waals surface area contributed by atoms with Crippen LogP contribution >= 0.6 is 0 Å². The van der Waals surface area contributed by atoms with Gasteiger partial charge in [-0.25, -0.2) is 0 Å². The van der Waals surface area contributed by atoms with Crippen LogP contribution in [0, 0.1) is 5.41 Å². The van der Waals surface area contributed by atoms with E-state index >= 15 is 0 Å². The lowest BCUT2D eigenvalue weighted by Gasteiger charge is -2.47. The van der Waals surface area contributed by atoms with Crippen LogP contribution in [0.15, 0.2) is 30.3 Å². The number of aliphatic hydroxyl groups excluding tert-OH is 2. The van der Waals surface area contributed by atoms with Gasteiger partial charge in [0.15, 0.2) is 11.5 Å². The fraction of sp³-hybridized carbons (Fsp3) is 0.567. The third-order valence-corrected chi connectivity index (χ3v) is 7.91. The monoisotopic (exact) mass is 545 g/mol. The molecule has 2 unspecified atom stereocenters. The van der Waals surface area contributed by atoms with E-state index in [1.54, 1.807) is 24.3 Å². The molecule has 3 rings (SSSR count). The van der Waals surface area contributed by atoms with Crippen molar-refractivity contribution in [3.63, 3.8) is 0 Å². The lowest BCUT2D eigenvalue weighted by Crippen LogP contribution is -2.51. The number of phenolic OH excluding ortho intramolecular Hbond substituents is 1. The summed E-state index contributed by atoms with van der Waals surface area (Å²) in [4.78, 5) is 14.3. The van der Waals surface area contributed by atoms with Crippen molar-refractivity contribution in [1.82, 2.24) is 0 Å². The van der Waals surface area contributed by atoms with Gasteiger partial charge in [0.1, 0.15) is 5.75 Å². The minimum absolute atomic E-state index is 0.00788. The number of ether oxygens (including phenoxy) is 4. The smallest absolute Gasteiger partial charge is 0.311 e. The molecular formula is C30H43NO8. The van der Waals surface area contributed by atoms with Crippen molar-refractivity contribution in [2.45, 2.75) is 64.6 Å². The van der Waals surface area contributed by atoms with Gasteiger partial charge in [-0.15, -0.1) is 0 Å². The molecule has 0 saturated heterocycles. The van der Waals surface area contributed by atoms with Crippen LogP contribution in [0.25, 0.3) is 0 Å². The van der Waals surface area contributed by atoms with Crippen LogP contribution in [0.3, 0.4) is 0 Å². The van der Waals surface area contributed by atoms with Gasteiger partial charge < -0.3 is 39.2 Å². The van der Waals surface area contributed by atoms with E-state index in [-0.39, 0.29) is 11.7 Å². The predicted molar refractivity (Wildman–Crippen MR) is 149 cm³/mol. The number of nitrogens with zero attached hydrogens (tertiary/aromatic N) is 1. The van der Waals surface area contributed by atoms with Crippen molar-refractivity contribution in [3.05, 3.63) is 41.5 Å². The molecule has 9 nitrogen and oxygen atoms in total. The number of phenols is 1. The van der Waals surface area contributed by atoms with E-state index in [1.807, 2.05) is 33.8 Å². The Kier molecular flexibility index (Phi) is 9.96. The molecule has 216 valence electrons. The van der Waals surface area contributed by atoms with E-state index in [1.165, 1.54) is 21.3 Å². The summed E-state index contributed by atoms with van der Waals surface area (Å²) in [6, 6.07) is 8.71. The summed E-state index contributed by atoms with van der Waals surface area (Å²) in [5, 5.41) is 33.0. The van der Waals surface area contributed by atoms with Crippen LogP contribution in [0.4, 0.5) is 5.69 Å². The summed E-state index contributed by atoms with van der Waals surface area (Å²) < 4.78 is 21.6. The average molecular weight is 546 g/mol. The van der Waals surface area contributed by atoms with Crippen molar-refractivity contribution >= 4 is 11.7 Å². The second-order valence-electron chi connectivity index (χ2n) is 10.5. The summed E-state index contributed by atoms with van der Waals surface area (Å²) >= 11 is 0.